The van der Waals surface area contributed by atoms with Gasteiger partial charge in [-0.15, -0.1) is 5.10 Å². The third-order valence-corrected chi connectivity index (χ3v) is 4.73. The molecule has 0 spiro atoms. The summed E-state index contributed by atoms with van der Waals surface area (Å²) in [6.45, 7) is 7.62. The molecule has 170 valence electrons. The second-order valence-electron chi connectivity index (χ2n) is 8.73. The van der Waals surface area contributed by atoms with Crippen molar-refractivity contribution in [1.82, 2.24) is 19.9 Å². The number of aromatic nitrogens is 3. The van der Waals surface area contributed by atoms with Gasteiger partial charge in [0.15, 0.2) is 5.65 Å². The third-order valence-electron chi connectivity index (χ3n) is 4.73. The van der Waals surface area contributed by atoms with Crippen LogP contribution in [0.2, 0.25) is 0 Å². The lowest BCUT2D eigenvalue weighted by atomic mass is 10.1. The Morgan fingerprint density at radius 3 is 2.67 bits per heavy atom. The van der Waals surface area contributed by atoms with Crippen LogP contribution in [0.15, 0.2) is 60.8 Å². The maximum atomic E-state index is 13.3. The molecule has 0 aliphatic rings. The van der Waals surface area contributed by atoms with E-state index in [4.69, 9.17) is 10.5 Å². The molecule has 0 aliphatic carbocycles. The molecule has 2 heterocycles. The first kappa shape index (κ1) is 21.9. The van der Waals surface area contributed by atoms with E-state index in [1.54, 1.807) is 48.7 Å². The Morgan fingerprint density at radius 1 is 1.15 bits per heavy atom. The van der Waals surface area contributed by atoms with Crippen LogP contribution in [-0.2, 0) is 0 Å². The zero-order chi connectivity index (χ0) is 23.8. The number of phenolic OH excluding ortho intramolecular Hbond substituents is 1. The number of hydrogen-bond donors (Lipinski definition) is 3. The van der Waals surface area contributed by atoms with Crippen LogP contribution in [-0.4, -0.2) is 31.3 Å². The van der Waals surface area contributed by atoms with Gasteiger partial charge >= 0.3 is 6.03 Å². The topological polar surface area (TPSA) is 118 Å². The summed E-state index contributed by atoms with van der Waals surface area (Å²) in [6.07, 6.45) is 1.60. The second-order valence-corrected chi connectivity index (χ2v) is 8.73. The van der Waals surface area contributed by atoms with Crippen molar-refractivity contribution in [2.75, 3.05) is 10.6 Å². The van der Waals surface area contributed by atoms with Gasteiger partial charge in [0.2, 0.25) is 5.88 Å². The molecule has 0 saturated heterocycles. The summed E-state index contributed by atoms with van der Waals surface area (Å²) in [5.74, 6) is 1.26. The molecule has 0 unspecified atom stereocenters. The van der Waals surface area contributed by atoms with Gasteiger partial charge in [-0.2, -0.15) is 0 Å². The Bertz CT molecular complexity index is 1330. The maximum absolute atomic E-state index is 13.3. The van der Waals surface area contributed by atoms with Gasteiger partial charge in [0.25, 0.3) is 0 Å². The summed E-state index contributed by atoms with van der Waals surface area (Å²) in [5, 5.41) is 17.4. The molecule has 9 nitrogen and oxygen atoms in total. The maximum Gasteiger partial charge on any atom is 0.326 e. The number of nitrogens with two attached hydrogens (primary N) is 1. The molecule has 0 bridgehead atoms. The van der Waals surface area contributed by atoms with Gasteiger partial charge in [-0.3, -0.25) is 4.90 Å². The Morgan fingerprint density at radius 2 is 1.94 bits per heavy atom. The standard InChI is InChI=1S/C24H26N6O3/c1-15-8-9-18(33-22-11-10-21-26-20(25)14-29(21)28-22)13-19(15)30(23(32)27-24(2,3)4)16-6-5-7-17(31)12-16/h5-14,31H,25H2,1-4H3,(H,27,32). The Hall–Kier alpha value is -4.27. The van der Waals surface area contributed by atoms with Gasteiger partial charge in [-0.1, -0.05) is 12.1 Å². The van der Waals surface area contributed by atoms with E-state index in [2.05, 4.69) is 15.4 Å². The number of benzene rings is 2. The number of fused-ring (bicyclic) bond motifs is 1. The fourth-order valence-electron chi connectivity index (χ4n) is 3.33. The highest BCUT2D eigenvalue weighted by Crippen LogP contribution is 2.34. The molecule has 4 aromatic rings. The molecule has 2 aromatic carbocycles. The van der Waals surface area contributed by atoms with Gasteiger partial charge in [-0.05, 0) is 57.5 Å². The Kier molecular flexibility index (Phi) is 5.55. The van der Waals surface area contributed by atoms with E-state index in [0.29, 0.717) is 34.5 Å². The van der Waals surface area contributed by atoms with E-state index in [1.165, 1.54) is 15.5 Å². The van der Waals surface area contributed by atoms with Crippen molar-refractivity contribution in [3.63, 3.8) is 0 Å². The highest BCUT2D eigenvalue weighted by Gasteiger charge is 2.24. The number of urea groups is 1. The number of nitrogens with one attached hydrogen (secondary N) is 1. The summed E-state index contributed by atoms with van der Waals surface area (Å²) < 4.78 is 7.51. The Balaban J connectivity index is 1.73. The number of phenols is 1. The van der Waals surface area contributed by atoms with Crippen LogP contribution < -0.4 is 20.7 Å². The summed E-state index contributed by atoms with van der Waals surface area (Å²) in [7, 11) is 0. The lowest BCUT2D eigenvalue weighted by Gasteiger charge is -2.30. The van der Waals surface area contributed by atoms with Crippen LogP contribution in [0.5, 0.6) is 17.4 Å². The van der Waals surface area contributed by atoms with Crippen molar-refractivity contribution in [3.8, 4) is 17.4 Å². The minimum absolute atomic E-state index is 0.0585. The molecule has 2 amide bonds. The summed E-state index contributed by atoms with van der Waals surface area (Å²) >= 11 is 0. The molecule has 0 radical (unpaired) electrons. The number of nitrogens with zero attached hydrogens (tertiary/aromatic N) is 4. The van der Waals surface area contributed by atoms with Crippen molar-refractivity contribution >= 4 is 28.9 Å². The van der Waals surface area contributed by atoms with Crippen molar-refractivity contribution in [3.05, 3.63) is 66.4 Å². The van der Waals surface area contributed by atoms with Gasteiger partial charge in [0, 0.05) is 23.7 Å². The molecule has 0 fully saturated rings. The number of imidazole rings is 1. The molecule has 0 atom stereocenters. The number of nitrogen functional groups attached to an aromatic ring is 1. The Labute approximate surface area is 191 Å². The molecular weight excluding hydrogens is 420 g/mol. The highest BCUT2D eigenvalue weighted by molar-refractivity contribution is 6.00. The molecule has 4 N–H and O–H groups in total. The molecule has 4 rings (SSSR count). The van der Waals surface area contributed by atoms with Crippen molar-refractivity contribution in [1.29, 1.82) is 0 Å². The quantitative estimate of drug-likeness (QED) is 0.416. The number of hydrogen-bond acceptors (Lipinski definition) is 6. The lowest BCUT2D eigenvalue weighted by Crippen LogP contribution is -2.47. The van der Waals surface area contributed by atoms with Crippen molar-refractivity contribution in [2.45, 2.75) is 33.2 Å². The predicted molar refractivity (Wildman–Crippen MR) is 127 cm³/mol. The van der Waals surface area contributed by atoms with Gasteiger partial charge in [0.05, 0.1) is 17.6 Å². The SMILES string of the molecule is Cc1ccc(Oc2ccc3nc(N)cn3n2)cc1N(C(=O)NC(C)(C)C)c1cccc(O)c1. The van der Waals surface area contributed by atoms with E-state index < -0.39 is 5.54 Å². The molecular formula is C24H26N6O3. The minimum atomic E-state index is -0.458. The number of carbonyl (C=O) groups excluding carboxylic acids is 1. The number of ether oxygens (including phenoxy) is 1. The highest BCUT2D eigenvalue weighted by atomic mass is 16.5. The molecule has 0 aliphatic heterocycles. The van der Waals surface area contributed by atoms with E-state index in [0.717, 1.165) is 5.56 Å². The van der Waals surface area contributed by atoms with E-state index >= 15 is 0 Å². The number of rotatable bonds is 4. The van der Waals surface area contributed by atoms with E-state index in [9.17, 15) is 9.90 Å². The third kappa shape index (κ3) is 4.98. The summed E-state index contributed by atoms with van der Waals surface area (Å²) in [5.41, 5.74) is 7.85. The smallest absolute Gasteiger partial charge is 0.326 e. The van der Waals surface area contributed by atoms with Crippen molar-refractivity contribution < 1.29 is 14.6 Å². The number of anilines is 3. The lowest BCUT2D eigenvalue weighted by molar-refractivity contribution is 0.240. The fourth-order valence-corrected chi connectivity index (χ4v) is 3.33. The van der Waals surface area contributed by atoms with Gasteiger partial charge in [0.1, 0.15) is 17.3 Å². The monoisotopic (exact) mass is 446 g/mol. The number of amides is 2. The van der Waals surface area contributed by atoms with Crippen molar-refractivity contribution in [2.24, 2.45) is 0 Å². The average molecular weight is 447 g/mol. The first-order valence-electron chi connectivity index (χ1n) is 10.4. The van der Waals surface area contributed by atoms with E-state index in [1.807, 2.05) is 33.8 Å². The number of aryl methyl sites for hydroxylation is 1. The summed E-state index contributed by atoms with van der Waals surface area (Å²) in [4.78, 5) is 19.0. The fraction of sp³-hybridized carbons (Fsp3) is 0.208. The normalized spacial score (nSPS) is 11.4. The van der Waals surface area contributed by atoms with Crippen LogP contribution in [0.3, 0.4) is 0 Å². The second kappa shape index (κ2) is 8.34. The summed E-state index contributed by atoms with van der Waals surface area (Å²) in [6, 6.07) is 15.1. The molecule has 33 heavy (non-hydrogen) atoms. The van der Waals surface area contributed by atoms with Crippen LogP contribution in [0.25, 0.3) is 5.65 Å². The average Bonchev–Trinajstić information content (AvgIpc) is 3.08. The van der Waals surface area contributed by atoms with E-state index in [-0.39, 0.29) is 11.8 Å². The van der Waals surface area contributed by atoms with Gasteiger partial charge in [-0.25, -0.2) is 14.3 Å². The minimum Gasteiger partial charge on any atom is -0.508 e. The van der Waals surface area contributed by atoms with Crippen LogP contribution in [0.1, 0.15) is 26.3 Å². The molecule has 9 heteroatoms. The largest absolute Gasteiger partial charge is 0.508 e. The first-order valence-corrected chi connectivity index (χ1v) is 10.4. The van der Waals surface area contributed by atoms with Crippen LogP contribution in [0, 0.1) is 6.92 Å². The predicted octanol–water partition coefficient (Wildman–Crippen LogP) is 4.76. The zero-order valence-electron chi connectivity index (χ0n) is 18.9. The zero-order valence-corrected chi connectivity index (χ0v) is 18.9. The van der Waals surface area contributed by atoms with Gasteiger partial charge < -0.3 is 20.9 Å². The number of aromatic hydroxyl groups is 1. The molecule has 2 aromatic heterocycles. The first-order chi connectivity index (χ1) is 15.6. The van der Waals surface area contributed by atoms with Crippen LogP contribution >= 0.6 is 0 Å². The molecule has 0 saturated carbocycles. The number of carbonyl (C=O) groups is 1. The van der Waals surface area contributed by atoms with Crippen LogP contribution in [0.4, 0.5) is 22.0 Å².